The van der Waals surface area contributed by atoms with Crippen LogP contribution in [-0.2, 0) is 14.3 Å². The molecule has 0 bridgehead atoms. The molecule has 6 atom stereocenters. The van der Waals surface area contributed by atoms with Crippen molar-refractivity contribution in [3.63, 3.8) is 0 Å². The number of methoxy groups -OCH3 is 1. The summed E-state index contributed by atoms with van der Waals surface area (Å²) in [6.45, 7) is 3.30. The number of alkyl carbamates (subject to hydrolysis) is 1. The summed E-state index contributed by atoms with van der Waals surface area (Å²) in [5.41, 5.74) is 5.21. The average molecular weight is 715 g/mol. The van der Waals surface area contributed by atoms with Gasteiger partial charge in [-0.3, -0.25) is 14.5 Å². The summed E-state index contributed by atoms with van der Waals surface area (Å²) in [7, 11) is 2.56. The maximum Gasteiger partial charge on any atom is 0.407 e. The number of aliphatic hydroxyl groups is 2. The number of β-amino-alcohol motifs (C(OH)–C–C–N with tert-alkyl or cyclic N) is 2. The molecule has 274 valence electrons. The normalized spacial score (nSPS) is 21.1. The number of hydrogen-bond acceptors (Lipinski definition) is 9. The lowest BCUT2D eigenvalue weighted by atomic mass is 10.0. The van der Waals surface area contributed by atoms with Crippen molar-refractivity contribution >= 4 is 24.0 Å². The van der Waals surface area contributed by atoms with E-state index in [0.717, 1.165) is 38.5 Å². The van der Waals surface area contributed by atoms with Crippen molar-refractivity contribution in [1.29, 1.82) is 0 Å². The fourth-order valence-electron chi connectivity index (χ4n) is 6.74. The molecule has 16 nitrogen and oxygen atoms in total. The molecule has 0 saturated carbocycles. The standard InChI is InChI=1S/C36H42N8O8/c1-19(39-35(49)52-4)33(47)43-17-25(45)13-29(43)31-37-15-27(40-31)23-9-5-21(6-10-23)22-7-11-24(12-8-22)28-16-38-32(41-28)30-14-26(46)18-44(30)34(48)20(2)42(3)36(50)51/h5-12,15-16,19-20,25-26,29-30,45-46H,13-14,17-18H2,1-4H3,(H,37,40)(H,38,41)(H,39,49)(H,50,51)/t19-,20-,25-,26-,29-,30-/m0/s1. The topological polar surface area (TPSA) is 217 Å². The second kappa shape index (κ2) is 14.9. The second-order valence-corrected chi connectivity index (χ2v) is 13.2. The average Bonchev–Trinajstić information content (AvgIpc) is 3.97. The molecular weight excluding hydrogens is 672 g/mol. The lowest BCUT2D eigenvalue weighted by Crippen LogP contribution is -2.47. The van der Waals surface area contributed by atoms with Crippen molar-refractivity contribution in [3.05, 3.63) is 72.6 Å². The van der Waals surface area contributed by atoms with Gasteiger partial charge in [0.25, 0.3) is 0 Å². The number of nitrogens with one attached hydrogen (secondary N) is 3. The molecule has 4 aromatic rings. The number of rotatable bonds is 9. The van der Waals surface area contributed by atoms with Crippen LogP contribution in [0.5, 0.6) is 0 Å². The molecule has 2 fully saturated rings. The van der Waals surface area contributed by atoms with Gasteiger partial charge in [0.2, 0.25) is 11.8 Å². The Bertz CT molecular complexity index is 1930. The lowest BCUT2D eigenvalue weighted by Gasteiger charge is -2.29. The Labute approximate surface area is 299 Å². The minimum atomic E-state index is -1.21. The number of carboxylic acid groups (broad SMARTS) is 1. The van der Waals surface area contributed by atoms with Crippen molar-refractivity contribution in [1.82, 2.24) is 40.0 Å². The van der Waals surface area contributed by atoms with E-state index >= 15 is 0 Å². The van der Waals surface area contributed by atoms with Crippen LogP contribution in [0.1, 0.15) is 50.4 Å². The van der Waals surface area contributed by atoms with E-state index in [4.69, 9.17) is 0 Å². The quantitative estimate of drug-likeness (QED) is 0.149. The first kappa shape index (κ1) is 36.1. The molecule has 6 rings (SSSR count). The largest absolute Gasteiger partial charge is 0.465 e. The molecule has 6 N–H and O–H groups in total. The van der Waals surface area contributed by atoms with Gasteiger partial charge < -0.3 is 45.1 Å². The van der Waals surface area contributed by atoms with Crippen LogP contribution in [0.3, 0.4) is 0 Å². The smallest absolute Gasteiger partial charge is 0.407 e. The molecule has 16 heteroatoms. The van der Waals surface area contributed by atoms with Crippen molar-refractivity contribution in [2.45, 2.75) is 63.1 Å². The Morgan fingerprint density at radius 3 is 1.63 bits per heavy atom. The number of likely N-dealkylation sites (tertiary alicyclic amines) is 2. The summed E-state index contributed by atoms with van der Waals surface area (Å²) in [6, 6.07) is 13.1. The zero-order valence-corrected chi connectivity index (χ0v) is 29.2. The van der Waals surface area contributed by atoms with Gasteiger partial charge in [0.15, 0.2) is 0 Å². The molecule has 0 radical (unpaired) electrons. The molecule has 2 aliphatic rings. The third-order valence-electron chi connectivity index (χ3n) is 9.80. The molecule has 52 heavy (non-hydrogen) atoms. The molecule has 0 aliphatic carbocycles. The number of likely N-dealkylation sites (N-methyl/N-ethyl adjacent to an activating group) is 1. The summed E-state index contributed by atoms with van der Waals surface area (Å²) < 4.78 is 4.60. The van der Waals surface area contributed by atoms with Crippen molar-refractivity contribution < 1.29 is 39.2 Å². The zero-order valence-electron chi connectivity index (χ0n) is 29.2. The number of ether oxygens (including phenoxy) is 1. The highest BCUT2D eigenvalue weighted by molar-refractivity contribution is 5.86. The number of amides is 4. The first-order valence-corrected chi connectivity index (χ1v) is 16.9. The van der Waals surface area contributed by atoms with Gasteiger partial charge in [-0.2, -0.15) is 0 Å². The molecule has 2 aromatic heterocycles. The maximum absolute atomic E-state index is 13.2. The third kappa shape index (κ3) is 7.34. The molecule has 0 spiro atoms. The Kier molecular flexibility index (Phi) is 10.3. The summed E-state index contributed by atoms with van der Waals surface area (Å²) in [4.78, 5) is 68.8. The van der Waals surface area contributed by atoms with E-state index in [2.05, 4.69) is 30.0 Å². The monoisotopic (exact) mass is 714 g/mol. The molecular formula is C36H42N8O8. The Morgan fingerprint density at radius 2 is 1.21 bits per heavy atom. The van der Waals surface area contributed by atoms with Gasteiger partial charge in [-0.05, 0) is 36.1 Å². The second-order valence-electron chi connectivity index (χ2n) is 13.2. The van der Waals surface area contributed by atoms with E-state index in [1.54, 1.807) is 19.3 Å². The molecule has 2 saturated heterocycles. The molecule has 2 aliphatic heterocycles. The predicted octanol–water partition coefficient (Wildman–Crippen LogP) is 3.15. The van der Waals surface area contributed by atoms with E-state index < -0.39 is 54.5 Å². The summed E-state index contributed by atoms with van der Waals surface area (Å²) in [5.74, 6) is 0.301. The van der Waals surface area contributed by atoms with E-state index in [1.165, 1.54) is 30.9 Å². The minimum absolute atomic E-state index is 0.0909. The van der Waals surface area contributed by atoms with Crippen LogP contribution in [-0.4, -0.2) is 125 Å². The highest BCUT2D eigenvalue weighted by Gasteiger charge is 2.41. The highest BCUT2D eigenvalue weighted by atomic mass is 16.5. The number of carbonyl (C=O) groups is 4. The van der Waals surface area contributed by atoms with Gasteiger partial charge in [-0.25, -0.2) is 19.6 Å². The van der Waals surface area contributed by atoms with Crippen LogP contribution in [0.2, 0.25) is 0 Å². The van der Waals surface area contributed by atoms with Gasteiger partial charge in [-0.15, -0.1) is 0 Å². The summed E-state index contributed by atoms with van der Waals surface area (Å²) >= 11 is 0. The molecule has 0 unspecified atom stereocenters. The Morgan fingerprint density at radius 1 is 0.788 bits per heavy atom. The van der Waals surface area contributed by atoms with Gasteiger partial charge in [0.05, 0.1) is 55.2 Å². The predicted molar refractivity (Wildman–Crippen MR) is 187 cm³/mol. The van der Waals surface area contributed by atoms with Crippen LogP contribution in [0.25, 0.3) is 33.6 Å². The number of hydrogen-bond donors (Lipinski definition) is 6. The van der Waals surface area contributed by atoms with Gasteiger partial charge in [0.1, 0.15) is 23.7 Å². The van der Waals surface area contributed by atoms with Crippen LogP contribution >= 0.6 is 0 Å². The minimum Gasteiger partial charge on any atom is -0.465 e. The zero-order chi connectivity index (χ0) is 37.3. The molecule has 4 heterocycles. The van der Waals surface area contributed by atoms with E-state index in [0.29, 0.717) is 18.1 Å². The van der Waals surface area contributed by atoms with Gasteiger partial charge in [0, 0.05) is 33.0 Å². The summed E-state index contributed by atoms with van der Waals surface area (Å²) in [5, 5.41) is 32.5. The SMILES string of the molecule is COC(=O)N[C@@H](C)C(=O)N1C[C@@H](O)C[C@H]1c1ncc(-c2ccc(-c3ccc(-c4cnc([C@@H]5C[C@H](O)CN5C(=O)[C@H](C)N(C)C(=O)O)[nH]4)cc3)cc2)[nH]1. The maximum atomic E-state index is 13.2. The van der Waals surface area contributed by atoms with E-state index in [-0.39, 0.29) is 25.4 Å². The summed E-state index contributed by atoms with van der Waals surface area (Å²) in [6.07, 6.45) is 0.571. The fourth-order valence-corrected chi connectivity index (χ4v) is 6.74. The van der Waals surface area contributed by atoms with Gasteiger partial charge in [-0.1, -0.05) is 48.5 Å². The number of benzene rings is 2. The van der Waals surface area contributed by atoms with Crippen molar-refractivity contribution in [2.24, 2.45) is 0 Å². The van der Waals surface area contributed by atoms with E-state index in [1.807, 2.05) is 48.5 Å². The number of imidazole rings is 2. The van der Waals surface area contributed by atoms with Crippen LogP contribution in [0, 0.1) is 0 Å². The van der Waals surface area contributed by atoms with Crippen molar-refractivity contribution in [2.75, 3.05) is 27.2 Å². The molecule has 2 aromatic carbocycles. The van der Waals surface area contributed by atoms with Crippen LogP contribution in [0.4, 0.5) is 9.59 Å². The lowest BCUT2D eigenvalue weighted by molar-refractivity contribution is -0.137. The number of H-pyrrole nitrogens is 2. The highest BCUT2D eigenvalue weighted by Crippen LogP contribution is 2.35. The fraction of sp³-hybridized carbons (Fsp3) is 0.389. The van der Waals surface area contributed by atoms with Crippen LogP contribution in [0.15, 0.2) is 60.9 Å². The van der Waals surface area contributed by atoms with Crippen molar-refractivity contribution in [3.8, 4) is 33.6 Å². The Hall–Kier alpha value is -5.74. The first-order valence-electron chi connectivity index (χ1n) is 16.9. The number of aromatic nitrogens is 4. The number of nitrogens with zero attached hydrogens (tertiary/aromatic N) is 5. The number of aliphatic hydroxyl groups excluding tert-OH is 2. The third-order valence-corrected chi connectivity index (χ3v) is 9.80. The number of carbonyl (C=O) groups excluding carboxylic acids is 3. The first-order chi connectivity index (χ1) is 24.8. The Balaban J connectivity index is 1.12. The number of aromatic amines is 2. The van der Waals surface area contributed by atoms with Crippen LogP contribution < -0.4 is 5.32 Å². The van der Waals surface area contributed by atoms with Gasteiger partial charge >= 0.3 is 12.2 Å². The van der Waals surface area contributed by atoms with E-state index in [9.17, 15) is 34.5 Å². The molecule has 4 amide bonds.